The van der Waals surface area contributed by atoms with Crippen molar-refractivity contribution < 1.29 is 18.1 Å². The molecular formula is C21H25N3O5S. The number of morpholine rings is 1. The maximum atomic E-state index is 12.9. The molecule has 1 aliphatic carbocycles. The van der Waals surface area contributed by atoms with Crippen LogP contribution in [-0.2, 0) is 27.6 Å². The van der Waals surface area contributed by atoms with Crippen molar-refractivity contribution in [1.29, 1.82) is 0 Å². The molecule has 1 unspecified atom stereocenters. The number of nitro groups is 1. The van der Waals surface area contributed by atoms with E-state index in [2.05, 4.69) is 12.1 Å². The van der Waals surface area contributed by atoms with Crippen molar-refractivity contribution in [2.24, 2.45) is 0 Å². The zero-order valence-corrected chi connectivity index (χ0v) is 17.7. The first-order chi connectivity index (χ1) is 14.4. The summed E-state index contributed by atoms with van der Waals surface area (Å²) in [6, 6.07) is 12.6. The van der Waals surface area contributed by atoms with Crippen LogP contribution in [0.4, 0.5) is 11.4 Å². The molecule has 0 amide bonds. The van der Waals surface area contributed by atoms with Crippen LogP contribution in [0.2, 0.25) is 0 Å². The fourth-order valence-electron chi connectivity index (χ4n) is 4.25. The molecule has 2 aromatic carbocycles. The highest BCUT2D eigenvalue weighted by Gasteiger charge is 2.31. The molecule has 0 N–H and O–H groups in total. The second-order valence-corrected chi connectivity index (χ2v) is 9.64. The van der Waals surface area contributed by atoms with Gasteiger partial charge in [0.1, 0.15) is 5.69 Å². The van der Waals surface area contributed by atoms with E-state index in [4.69, 9.17) is 4.74 Å². The van der Waals surface area contributed by atoms with E-state index in [1.807, 2.05) is 24.1 Å². The van der Waals surface area contributed by atoms with Gasteiger partial charge in [0, 0.05) is 32.2 Å². The second-order valence-electron chi connectivity index (χ2n) is 7.70. The molecule has 0 radical (unpaired) electrons. The quantitative estimate of drug-likeness (QED) is 0.534. The Morgan fingerprint density at radius 2 is 1.83 bits per heavy atom. The summed E-state index contributed by atoms with van der Waals surface area (Å²) >= 11 is 0. The predicted octanol–water partition coefficient (Wildman–Crippen LogP) is 2.61. The topological polar surface area (TPSA) is 93.0 Å². The molecule has 1 saturated heterocycles. The van der Waals surface area contributed by atoms with Gasteiger partial charge < -0.3 is 9.64 Å². The number of rotatable bonds is 5. The van der Waals surface area contributed by atoms with Crippen LogP contribution in [0.5, 0.6) is 0 Å². The number of nitro benzene ring substituents is 1. The first-order valence-electron chi connectivity index (χ1n) is 10.0. The number of anilines is 1. The highest BCUT2D eigenvalue weighted by Crippen LogP contribution is 2.35. The Bertz CT molecular complexity index is 1050. The van der Waals surface area contributed by atoms with Crippen molar-refractivity contribution in [3.63, 3.8) is 0 Å². The third kappa shape index (κ3) is 3.92. The van der Waals surface area contributed by atoms with Gasteiger partial charge in [0.25, 0.3) is 5.69 Å². The van der Waals surface area contributed by atoms with E-state index in [1.165, 1.54) is 27.6 Å². The highest BCUT2D eigenvalue weighted by molar-refractivity contribution is 7.89. The lowest BCUT2D eigenvalue weighted by Gasteiger charge is -2.34. The standard InChI is InChI=1S/C21H25N3O5S/c1-22(18-7-6-16-4-2-3-5-17(16)14-18)20-9-8-19(15-21(20)24(25)26)30(27,28)23-10-12-29-13-11-23/h2-5,8-9,15,18H,6-7,10-14H2,1H3. The summed E-state index contributed by atoms with van der Waals surface area (Å²) < 4.78 is 32.4. The Morgan fingerprint density at radius 3 is 2.53 bits per heavy atom. The Labute approximate surface area is 176 Å². The largest absolute Gasteiger partial charge is 0.379 e. The molecule has 1 heterocycles. The summed E-state index contributed by atoms with van der Waals surface area (Å²) in [5.74, 6) is 0. The van der Waals surface area contributed by atoms with Crippen LogP contribution in [-0.4, -0.2) is 57.0 Å². The third-order valence-corrected chi connectivity index (χ3v) is 7.89. The Kier molecular flexibility index (Phi) is 5.77. The fourth-order valence-corrected chi connectivity index (χ4v) is 5.68. The van der Waals surface area contributed by atoms with Crippen molar-refractivity contribution in [3.8, 4) is 0 Å². The van der Waals surface area contributed by atoms with Crippen molar-refractivity contribution in [2.75, 3.05) is 38.3 Å². The number of sulfonamides is 1. The second kappa shape index (κ2) is 8.33. The molecule has 160 valence electrons. The Hall–Kier alpha value is -2.49. The van der Waals surface area contributed by atoms with E-state index in [9.17, 15) is 18.5 Å². The van der Waals surface area contributed by atoms with Crippen LogP contribution in [0.15, 0.2) is 47.4 Å². The van der Waals surface area contributed by atoms with Gasteiger partial charge in [0.05, 0.1) is 23.0 Å². The smallest absolute Gasteiger partial charge is 0.293 e. The van der Waals surface area contributed by atoms with Crippen molar-refractivity contribution in [3.05, 3.63) is 63.7 Å². The lowest BCUT2D eigenvalue weighted by molar-refractivity contribution is -0.384. The Morgan fingerprint density at radius 1 is 1.13 bits per heavy atom. The van der Waals surface area contributed by atoms with Crippen LogP contribution in [0, 0.1) is 10.1 Å². The van der Waals surface area contributed by atoms with E-state index in [-0.39, 0.29) is 29.7 Å². The summed E-state index contributed by atoms with van der Waals surface area (Å²) in [5.41, 5.74) is 2.83. The number of hydrogen-bond acceptors (Lipinski definition) is 6. The molecular weight excluding hydrogens is 406 g/mol. The van der Waals surface area contributed by atoms with Crippen LogP contribution < -0.4 is 4.90 Å². The van der Waals surface area contributed by atoms with Gasteiger partial charge >= 0.3 is 0 Å². The number of benzene rings is 2. The molecule has 1 atom stereocenters. The number of aryl methyl sites for hydroxylation is 1. The molecule has 0 spiro atoms. The molecule has 2 aromatic rings. The molecule has 0 saturated carbocycles. The van der Waals surface area contributed by atoms with E-state index >= 15 is 0 Å². The van der Waals surface area contributed by atoms with Gasteiger partial charge in [-0.2, -0.15) is 4.31 Å². The molecule has 0 bridgehead atoms. The van der Waals surface area contributed by atoms with Crippen LogP contribution in [0.3, 0.4) is 0 Å². The number of fused-ring (bicyclic) bond motifs is 1. The van der Waals surface area contributed by atoms with E-state index in [0.717, 1.165) is 19.3 Å². The summed E-state index contributed by atoms with van der Waals surface area (Å²) in [6.07, 6.45) is 2.61. The van der Waals surface area contributed by atoms with Gasteiger partial charge in [-0.05, 0) is 42.5 Å². The first kappa shape index (κ1) is 20.8. The first-order valence-corrected chi connectivity index (χ1v) is 11.5. The zero-order valence-electron chi connectivity index (χ0n) is 16.9. The van der Waals surface area contributed by atoms with Crippen molar-refractivity contribution >= 4 is 21.4 Å². The molecule has 8 nitrogen and oxygen atoms in total. The predicted molar refractivity (Wildman–Crippen MR) is 113 cm³/mol. The minimum absolute atomic E-state index is 0.0535. The van der Waals surface area contributed by atoms with Crippen LogP contribution in [0.25, 0.3) is 0 Å². The van der Waals surface area contributed by atoms with Gasteiger partial charge in [-0.15, -0.1) is 0 Å². The summed E-state index contributed by atoms with van der Waals surface area (Å²) in [5, 5.41) is 11.8. The molecule has 1 fully saturated rings. The minimum atomic E-state index is -3.79. The average molecular weight is 432 g/mol. The van der Waals surface area contributed by atoms with E-state index < -0.39 is 14.9 Å². The number of hydrogen-bond donors (Lipinski definition) is 0. The van der Waals surface area contributed by atoms with Gasteiger partial charge in [-0.25, -0.2) is 8.42 Å². The molecule has 0 aromatic heterocycles. The average Bonchev–Trinajstić information content (AvgIpc) is 2.78. The SMILES string of the molecule is CN(c1ccc(S(=O)(=O)N2CCOCC2)cc1[N+](=O)[O-])C1CCc2ccccc2C1. The summed E-state index contributed by atoms with van der Waals surface area (Å²) in [6.45, 7) is 1.15. The van der Waals surface area contributed by atoms with Crippen molar-refractivity contribution in [2.45, 2.75) is 30.2 Å². The molecule has 9 heteroatoms. The van der Waals surface area contributed by atoms with Gasteiger partial charge in [0.2, 0.25) is 10.0 Å². The lowest BCUT2D eigenvalue weighted by Crippen LogP contribution is -2.40. The van der Waals surface area contributed by atoms with Gasteiger partial charge in [0.15, 0.2) is 0 Å². The minimum Gasteiger partial charge on any atom is -0.379 e. The number of nitrogens with zero attached hydrogens (tertiary/aromatic N) is 3. The Balaban J connectivity index is 1.63. The summed E-state index contributed by atoms with van der Waals surface area (Å²) in [4.78, 5) is 13.2. The van der Waals surface area contributed by atoms with Crippen LogP contribution in [0.1, 0.15) is 17.5 Å². The van der Waals surface area contributed by atoms with Gasteiger partial charge in [-0.1, -0.05) is 24.3 Å². The normalized spacial score (nSPS) is 19.8. The third-order valence-electron chi connectivity index (χ3n) is 6.00. The molecule has 30 heavy (non-hydrogen) atoms. The molecule has 2 aliphatic rings. The zero-order chi connectivity index (χ0) is 21.3. The lowest BCUT2D eigenvalue weighted by atomic mass is 9.87. The van der Waals surface area contributed by atoms with Gasteiger partial charge in [-0.3, -0.25) is 10.1 Å². The number of ether oxygens (including phenoxy) is 1. The maximum Gasteiger partial charge on any atom is 0.293 e. The van der Waals surface area contributed by atoms with E-state index in [1.54, 1.807) is 6.07 Å². The monoisotopic (exact) mass is 431 g/mol. The maximum absolute atomic E-state index is 12.9. The number of likely N-dealkylation sites (N-methyl/N-ethyl adjacent to an activating group) is 1. The highest BCUT2D eigenvalue weighted by atomic mass is 32.2. The molecule has 1 aliphatic heterocycles. The fraction of sp³-hybridized carbons (Fsp3) is 0.429. The molecule has 4 rings (SSSR count). The summed E-state index contributed by atoms with van der Waals surface area (Å²) in [7, 11) is -1.95. The van der Waals surface area contributed by atoms with Crippen LogP contribution >= 0.6 is 0 Å². The van der Waals surface area contributed by atoms with Crippen molar-refractivity contribution in [1.82, 2.24) is 4.31 Å². The van der Waals surface area contributed by atoms with E-state index in [0.29, 0.717) is 18.9 Å².